The molecule has 0 unspecified atom stereocenters. The first kappa shape index (κ1) is 13.6. The topological polar surface area (TPSA) is 131 Å². The predicted molar refractivity (Wildman–Crippen MR) is 76.2 cm³/mol. The summed E-state index contributed by atoms with van der Waals surface area (Å²) < 4.78 is 5.31. The molecule has 5 N–H and O–H groups in total. The molecule has 0 aliphatic heterocycles. The lowest BCUT2D eigenvalue weighted by atomic mass is 10.1. The monoisotopic (exact) mass is 302 g/mol. The normalized spacial score (nSPS) is 10.9. The number of hydrogen-bond acceptors (Lipinski definition) is 7. The minimum Gasteiger partial charge on any atom is -0.504 e. The van der Waals surface area contributed by atoms with Crippen LogP contribution in [0.4, 0.5) is 0 Å². The Kier molecular flexibility index (Phi) is 2.84. The molecule has 0 spiro atoms. The van der Waals surface area contributed by atoms with E-state index >= 15 is 0 Å². The van der Waals surface area contributed by atoms with E-state index in [0.717, 1.165) is 18.2 Å². The van der Waals surface area contributed by atoms with Gasteiger partial charge in [-0.25, -0.2) is 0 Å². The lowest BCUT2D eigenvalue weighted by Crippen LogP contribution is -2.02. The Balaban J connectivity index is 2.39. The van der Waals surface area contributed by atoms with E-state index in [2.05, 4.69) is 0 Å². The molecular weight excluding hydrogens is 292 g/mol. The number of hydrogen-bond donors (Lipinski definition) is 5. The largest absolute Gasteiger partial charge is 0.504 e. The molecule has 1 heterocycles. The van der Waals surface area contributed by atoms with Crippen LogP contribution in [0, 0.1) is 0 Å². The van der Waals surface area contributed by atoms with Gasteiger partial charge in [0.15, 0.2) is 28.6 Å². The summed E-state index contributed by atoms with van der Waals surface area (Å²) in [6, 6.07) is 5.84. The Labute approximate surface area is 122 Å². The van der Waals surface area contributed by atoms with Crippen molar-refractivity contribution in [3.8, 4) is 40.1 Å². The Morgan fingerprint density at radius 1 is 0.773 bits per heavy atom. The van der Waals surface area contributed by atoms with Gasteiger partial charge in [-0.05, 0) is 30.3 Å². The molecule has 0 radical (unpaired) electrons. The Bertz CT molecular complexity index is 956. The number of fused-ring (bicyclic) bond motifs is 1. The van der Waals surface area contributed by atoms with Crippen LogP contribution in [0.25, 0.3) is 22.3 Å². The van der Waals surface area contributed by atoms with E-state index in [1.165, 1.54) is 12.1 Å². The maximum absolute atomic E-state index is 12.1. The van der Waals surface area contributed by atoms with Crippen LogP contribution in [0.3, 0.4) is 0 Å². The molecule has 0 fully saturated rings. The van der Waals surface area contributed by atoms with Gasteiger partial charge in [0.2, 0.25) is 16.9 Å². The van der Waals surface area contributed by atoms with Crippen LogP contribution in [-0.4, -0.2) is 25.5 Å². The summed E-state index contributed by atoms with van der Waals surface area (Å²) in [5.41, 5.74) is -1.00. The first-order valence-electron chi connectivity index (χ1n) is 6.13. The minimum absolute atomic E-state index is 0.106. The van der Waals surface area contributed by atoms with Crippen LogP contribution < -0.4 is 5.43 Å². The number of phenols is 4. The number of rotatable bonds is 1. The molecule has 0 amide bonds. The molecule has 7 heteroatoms. The zero-order chi connectivity index (χ0) is 16.0. The molecule has 2 aromatic carbocycles. The molecule has 3 aromatic rings. The van der Waals surface area contributed by atoms with E-state index in [1.54, 1.807) is 0 Å². The highest BCUT2D eigenvalue weighted by molar-refractivity contribution is 5.88. The van der Waals surface area contributed by atoms with Crippen molar-refractivity contribution in [1.82, 2.24) is 0 Å². The van der Waals surface area contributed by atoms with Gasteiger partial charge in [0.1, 0.15) is 0 Å². The maximum Gasteiger partial charge on any atom is 0.235 e. The van der Waals surface area contributed by atoms with Crippen molar-refractivity contribution in [2.24, 2.45) is 0 Å². The highest BCUT2D eigenvalue weighted by atomic mass is 16.4. The second-order valence-electron chi connectivity index (χ2n) is 4.62. The van der Waals surface area contributed by atoms with E-state index in [0.29, 0.717) is 0 Å². The molecule has 1 aromatic heterocycles. The summed E-state index contributed by atoms with van der Waals surface area (Å²) >= 11 is 0. The van der Waals surface area contributed by atoms with Crippen molar-refractivity contribution in [1.29, 1.82) is 0 Å². The number of benzene rings is 2. The van der Waals surface area contributed by atoms with Gasteiger partial charge >= 0.3 is 0 Å². The Morgan fingerprint density at radius 3 is 2.14 bits per heavy atom. The smallest absolute Gasteiger partial charge is 0.235 e. The highest BCUT2D eigenvalue weighted by Gasteiger charge is 2.19. The van der Waals surface area contributed by atoms with Crippen molar-refractivity contribution in [3.05, 3.63) is 40.6 Å². The van der Waals surface area contributed by atoms with Crippen molar-refractivity contribution in [3.63, 3.8) is 0 Å². The van der Waals surface area contributed by atoms with Gasteiger partial charge in [0, 0.05) is 5.56 Å². The van der Waals surface area contributed by atoms with Crippen molar-refractivity contribution < 1.29 is 29.9 Å². The summed E-state index contributed by atoms with van der Waals surface area (Å²) in [5, 5.41) is 47.9. The zero-order valence-corrected chi connectivity index (χ0v) is 10.9. The maximum atomic E-state index is 12.1. The highest BCUT2D eigenvalue weighted by Crippen LogP contribution is 2.39. The molecule has 0 saturated carbocycles. The van der Waals surface area contributed by atoms with Gasteiger partial charge in [-0.15, -0.1) is 0 Å². The molecule has 112 valence electrons. The molecular formula is C15H10O7. The quantitative estimate of drug-likeness (QED) is 0.434. The van der Waals surface area contributed by atoms with Crippen LogP contribution in [0.5, 0.6) is 28.7 Å². The van der Waals surface area contributed by atoms with Crippen LogP contribution in [-0.2, 0) is 0 Å². The third-order valence-corrected chi connectivity index (χ3v) is 3.23. The zero-order valence-electron chi connectivity index (χ0n) is 10.9. The van der Waals surface area contributed by atoms with E-state index in [-0.39, 0.29) is 28.0 Å². The van der Waals surface area contributed by atoms with Gasteiger partial charge in [-0.3, -0.25) is 4.79 Å². The molecule has 7 nitrogen and oxygen atoms in total. The SMILES string of the molecule is O=c1c(O)c(-c2ccc(O)c(O)c2)oc2c(O)c(O)ccc12. The van der Waals surface area contributed by atoms with Gasteiger partial charge in [-0.1, -0.05) is 0 Å². The lowest BCUT2D eigenvalue weighted by molar-refractivity contribution is 0.396. The lowest BCUT2D eigenvalue weighted by Gasteiger charge is -2.08. The van der Waals surface area contributed by atoms with Gasteiger partial charge in [0.05, 0.1) is 5.39 Å². The van der Waals surface area contributed by atoms with Gasteiger partial charge in [0.25, 0.3) is 0 Å². The molecule has 3 rings (SSSR count). The molecule has 22 heavy (non-hydrogen) atoms. The first-order chi connectivity index (χ1) is 10.4. The fraction of sp³-hybridized carbons (Fsp3) is 0. The average Bonchev–Trinajstić information content (AvgIpc) is 2.49. The summed E-state index contributed by atoms with van der Waals surface area (Å²) in [6.07, 6.45) is 0. The average molecular weight is 302 g/mol. The van der Waals surface area contributed by atoms with Crippen LogP contribution in [0.1, 0.15) is 0 Å². The first-order valence-corrected chi connectivity index (χ1v) is 6.13. The summed E-state index contributed by atoms with van der Waals surface area (Å²) in [5.74, 6) is -3.01. The fourth-order valence-electron chi connectivity index (χ4n) is 2.08. The van der Waals surface area contributed by atoms with Gasteiger partial charge < -0.3 is 29.9 Å². The van der Waals surface area contributed by atoms with Crippen molar-refractivity contribution in [2.45, 2.75) is 0 Å². The van der Waals surface area contributed by atoms with E-state index in [4.69, 9.17) is 4.42 Å². The Hall–Kier alpha value is -3.35. The van der Waals surface area contributed by atoms with Crippen molar-refractivity contribution in [2.75, 3.05) is 0 Å². The molecule has 0 atom stereocenters. The summed E-state index contributed by atoms with van der Waals surface area (Å²) in [6.45, 7) is 0. The summed E-state index contributed by atoms with van der Waals surface area (Å²) in [4.78, 5) is 12.1. The second-order valence-corrected chi connectivity index (χ2v) is 4.62. The van der Waals surface area contributed by atoms with Gasteiger partial charge in [-0.2, -0.15) is 0 Å². The van der Waals surface area contributed by atoms with E-state index in [9.17, 15) is 30.3 Å². The summed E-state index contributed by atoms with van der Waals surface area (Å²) in [7, 11) is 0. The third kappa shape index (κ3) is 1.87. The number of aromatic hydroxyl groups is 5. The Morgan fingerprint density at radius 2 is 1.45 bits per heavy atom. The van der Waals surface area contributed by atoms with Crippen LogP contribution >= 0.6 is 0 Å². The van der Waals surface area contributed by atoms with Crippen LogP contribution in [0.15, 0.2) is 39.5 Å². The van der Waals surface area contributed by atoms with E-state index in [1.807, 2.05) is 0 Å². The third-order valence-electron chi connectivity index (χ3n) is 3.23. The van der Waals surface area contributed by atoms with Crippen LogP contribution in [0.2, 0.25) is 0 Å². The fourth-order valence-corrected chi connectivity index (χ4v) is 2.08. The molecule has 0 aliphatic rings. The van der Waals surface area contributed by atoms with E-state index < -0.39 is 28.4 Å². The number of phenolic OH excluding ortho intramolecular Hbond substituents is 4. The minimum atomic E-state index is -0.806. The standard InChI is InChI=1S/C15H10O7/c16-8-3-1-6(5-10(8)18)14-13(21)11(19)7-2-4-9(17)12(20)15(7)22-14/h1-5,16-18,20-21H. The molecule has 0 aliphatic carbocycles. The second kappa shape index (κ2) is 4.59. The molecule has 0 saturated heterocycles. The molecule has 0 bridgehead atoms. The predicted octanol–water partition coefficient (Wildman–Crippen LogP) is 1.99. The van der Waals surface area contributed by atoms with Crippen molar-refractivity contribution >= 4 is 11.0 Å².